The highest BCUT2D eigenvalue weighted by atomic mass is 19.1. The van der Waals surface area contributed by atoms with Gasteiger partial charge in [-0.05, 0) is 134 Å². The average Bonchev–Trinajstić information content (AvgIpc) is 4.11. The molecule has 4 atom stereocenters. The number of carboxylic acids is 1. The Bertz CT molecular complexity index is 2240. The van der Waals surface area contributed by atoms with E-state index in [1.54, 1.807) is 4.90 Å². The summed E-state index contributed by atoms with van der Waals surface area (Å²) >= 11 is 0. The van der Waals surface area contributed by atoms with Crippen molar-refractivity contribution in [1.29, 1.82) is 0 Å². The summed E-state index contributed by atoms with van der Waals surface area (Å²) in [7, 11) is 2.86. The average molecular weight is 779 g/mol. The van der Waals surface area contributed by atoms with Gasteiger partial charge in [0.1, 0.15) is 11.6 Å². The van der Waals surface area contributed by atoms with Gasteiger partial charge in [-0.2, -0.15) is 0 Å². The van der Waals surface area contributed by atoms with Crippen LogP contribution >= 0.6 is 0 Å². The molecule has 4 fully saturated rings. The van der Waals surface area contributed by atoms with Crippen molar-refractivity contribution in [1.82, 2.24) is 5.32 Å². The summed E-state index contributed by atoms with van der Waals surface area (Å²) in [6.07, 6.45) is 7.59. The number of methoxy groups -OCH3 is 2. The number of rotatable bonds is 5. The monoisotopic (exact) mass is 778 g/mol. The number of aromatic carboxylic acids is 1. The number of anilines is 2. The minimum absolute atomic E-state index is 0.0985. The van der Waals surface area contributed by atoms with Crippen LogP contribution < -0.4 is 20.9 Å². The lowest BCUT2D eigenvalue weighted by Crippen LogP contribution is -2.43. The summed E-state index contributed by atoms with van der Waals surface area (Å²) in [6.45, 7) is 0. The molecule has 4 unspecified atom stereocenters. The molecule has 11 nitrogen and oxygen atoms in total. The maximum Gasteiger partial charge on any atom is 0.414 e. The van der Waals surface area contributed by atoms with Gasteiger partial charge in [0.25, 0.3) is 5.91 Å². The van der Waals surface area contributed by atoms with Crippen LogP contribution in [0.3, 0.4) is 0 Å². The van der Waals surface area contributed by atoms with Crippen LogP contribution in [0.5, 0.6) is 0 Å². The van der Waals surface area contributed by atoms with Gasteiger partial charge in [0, 0.05) is 35.0 Å². The number of amides is 3. The topological polar surface area (TPSA) is 152 Å². The summed E-state index contributed by atoms with van der Waals surface area (Å²) in [5.74, 6) is -1.20. The van der Waals surface area contributed by atoms with Crippen molar-refractivity contribution in [2.45, 2.75) is 86.4 Å². The molecule has 4 aromatic rings. The van der Waals surface area contributed by atoms with Gasteiger partial charge < -0.3 is 25.6 Å². The summed E-state index contributed by atoms with van der Waals surface area (Å²) in [6, 6.07) is 23.2. The van der Waals surface area contributed by atoms with Gasteiger partial charge in [-0.15, -0.1) is 0 Å². The zero-order chi connectivity index (χ0) is 40.2. The number of nitrogens with one attached hydrogen (secondary N) is 1. The van der Waals surface area contributed by atoms with Crippen LogP contribution in [-0.2, 0) is 20.6 Å². The Morgan fingerprint density at radius 1 is 0.667 bits per heavy atom. The maximum atomic E-state index is 13.1. The first-order valence-corrected chi connectivity index (χ1v) is 19.3. The number of hydrogen-bond acceptors (Lipinski definition) is 7. The third-order valence-electron chi connectivity index (χ3n) is 12.5. The highest BCUT2D eigenvalue weighted by Crippen LogP contribution is 2.55. The molecule has 0 aromatic heterocycles. The van der Waals surface area contributed by atoms with Crippen molar-refractivity contribution < 1.29 is 42.5 Å². The van der Waals surface area contributed by atoms with E-state index >= 15 is 0 Å². The molecule has 4 N–H and O–H groups in total. The molecule has 0 radical (unpaired) electrons. The zero-order valence-corrected chi connectivity index (χ0v) is 31.7. The lowest BCUT2D eigenvalue weighted by Gasteiger charge is -2.35. The second-order valence-electron chi connectivity index (χ2n) is 15.7. The fourth-order valence-electron chi connectivity index (χ4n) is 8.60. The highest BCUT2D eigenvalue weighted by molar-refractivity contribution is 5.96. The molecule has 0 saturated heterocycles. The number of carboxylic acid groups (broad SMARTS) is 1. The van der Waals surface area contributed by atoms with E-state index in [0.717, 1.165) is 80.4 Å². The minimum atomic E-state index is -1.04. The molecule has 0 spiro atoms. The Kier molecular flexibility index (Phi) is 9.75. The molecule has 2 heterocycles. The summed E-state index contributed by atoms with van der Waals surface area (Å²) in [5.41, 5.74) is 13.0. The van der Waals surface area contributed by atoms with Crippen molar-refractivity contribution in [3.63, 3.8) is 0 Å². The third-order valence-corrected chi connectivity index (χ3v) is 12.5. The molecule has 4 aliphatic carbocycles. The number of fused-ring (bicyclic) bond motifs is 6. The van der Waals surface area contributed by atoms with Gasteiger partial charge in [-0.1, -0.05) is 24.3 Å². The number of carbonyl (C=O) groups excluding carboxylic acids is 3. The molecular formula is C44H44F2N4O7. The Hall–Kier alpha value is -5.82. The number of benzene rings is 4. The van der Waals surface area contributed by atoms with Gasteiger partial charge in [0.2, 0.25) is 0 Å². The first-order valence-electron chi connectivity index (χ1n) is 19.3. The molecule has 2 aliphatic heterocycles. The van der Waals surface area contributed by atoms with Gasteiger partial charge in [-0.3, -0.25) is 14.6 Å². The van der Waals surface area contributed by atoms with E-state index in [9.17, 15) is 28.0 Å². The lowest BCUT2D eigenvalue weighted by molar-refractivity contribution is 0.0696. The van der Waals surface area contributed by atoms with Gasteiger partial charge in [0.15, 0.2) is 0 Å². The van der Waals surface area contributed by atoms with Crippen LogP contribution in [0, 0.1) is 11.6 Å². The fourth-order valence-corrected chi connectivity index (χ4v) is 8.60. The second-order valence-corrected chi connectivity index (χ2v) is 15.7. The van der Waals surface area contributed by atoms with Crippen molar-refractivity contribution in [3.05, 3.63) is 130 Å². The van der Waals surface area contributed by atoms with Crippen LogP contribution in [0.25, 0.3) is 0 Å². The molecule has 4 aromatic carbocycles. The fraction of sp³-hybridized carbons (Fsp3) is 0.364. The largest absolute Gasteiger partial charge is 0.478 e. The number of halogens is 2. The zero-order valence-electron chi connectivity index (χ0n) is 31.7. The van der Waals surface area contributed by atoms with E-state index in [-0.39, 0.29) is 46.6 Å². The van der Waals surface area contributed by atoms with Crippen LogP contribution in [0.4, 0.5) is 29.7 Å². The van der Waals surface area contributed by atoms with Crippen LogP contribution in [0.2, 0.25) is 0 Å². The van der Waals surface area contributed by atoms with Crippen molar-refractivity contribution in [2.75, 3.05) is 24.0 Å². The number of carbonyl (C=O) groups is 4. The van der Waals surface area contributed by atoms with E-state index in [1.165, 1.54) is 67.3 Å². The number of nitrogens with zero attached hydrogens (tertiary/aromatic N) is 2. The van der Waals surface area contributed by atoms with Crippen molar-refractivity contribution >= 4 is 35.4 Å². The Morgan fingerprint density at radius 2 is 1.12 bits per heavy atom. The first-order chi connectivity index (χ1) is 27.4. The standard InChI is InChI=1S/C22H21FN2O3.C15H18N2O2.C7H5FO2/c1-28-21(27)25-18-9-7-16(18)17-12-14(4-8-19(17)25)22(10-11-22)24-20(26)13-2-5-15(23)6-3-13;1-19-14(18)17-12-5-3-10(12)11-8-9(2-4-13(11)17)15(16)6-7-15;8-6-3-1-5(2-4-6)7(9)10/h2-6,8,12,16,18H,7,9-11H2,1H3,(H,24,26);2,4,8,10,12H,3,5-7,16H2,1H3;1-4H,(H,9,10). The number of ether oxygens (including phenoxy) is 2. The SMILES string of the molecule is COC(=O)N1c2ccc(C3(N)CC3)cc2C2CCC21.COC(=O)N1c2ccc(C3(NC(=O)c4ccc(F)cc4)CC3)cc2C2CCC21.O=C(O)c1ccc(F)cc1. The number of hydrogen-bond donors (Lipinski definition) is 3. The van der Waals surface area contributed by atoms with E-state index in [1.807, 2.05) is 23.1 Å². The van der Waals surface area contributed by atoms with E-state index in [0.29, 0.717) is 23.4 Å². The Balaban J connectivity index is 0.000000135. The second kappa shape index (κ2) is 14.6. The molecule has 6 aliphatic rings. The van der Waals surface area contributed by atoms with Gasteiger partial charge in [-0.25, -0.2) is 23.2 Å². The predicted octanol–water partition coefficient (Wildman–Crippen LogP) is 8.07. The minimum Gasteiger partial charge on any atom is -0.478 e. The first kappa shape index (κ1) is 38.1. The van der Waals surface area contributed by atoms with Gasteiger partial charge in [0.05, 0.1) is 36.7 Å². The Labute approximate surface area is 328 Å². The van der Waals surface area contributed by atoms with Crippen molar-refractivity contribution in [2.24, 2.45) is 5.73 Å². The highest BCUT2D eigenvalue weighted by Gasteiger charge is 2.51. The van der Waals surface area contributed by atoms with Crippen LogP contribution in [0.15, 0.2) is 84.9 Å². The molecule has 13 heteroatoms. The van der Waals surface area contributed by atoms with Gasteiger partial charge >= 0.3 is 18.2 Å². The maximum absolute atomic E-state index is 13.1. The Morgan fingerprint density at radius 3 is 1.53 bits per heavy atom. The molecule has 57 heavy (non-hydrogen) atoms. The smallest absolute Gasteiger partial charge is 0.414 e. The van der Waals surface area contributed by atoms with E-state index in [4.69, 9.17) is 20.3 Å². The number of nitrogens with two attached hydrogens (primary N) is 1. The molecular weight excluding hydrogens is 735 g/mol. The van der Waals surface area contributed by atoms with E-state index in [2.05, 4.69) is 23.5 Å². The van der Waals surface area contributed by atoms with Crippen molar-refractivity contribution in [3.8, 4) is 0 Å². The predicted molar refractivity (Wildman–Crippen MR) is 207 cm³/mol. The quantitative estimate of drug-likeness (QED) is 0.184. The molecule has 4 saturated carbocycles. The molecule has 3 amide bonds. The molecule has 0 bridgehead atoms. The summed E-state index contributed by atoms with van der Waals surface area (Å²) in [4.78, 5) is 50.6. The lowest BCUT2D eigenvalue weighted by atomic mass is 9.77. The molecule has 296 valence electrons. The summed E-state index contributed by atoms with van der Waals surface area (Å²) < 4.78 is 35.2. The van der Waals surface area contributed by atoms with Crippen LogP contribution in [0.1, 0.15) is 106 Å². The van der Waals surface area contributed by atoms with Crippen LogP contribution in [-0.4, -0.2) is 55.5 Å². The molecule has 10 rings (SSSR count). The third kappa shape index (κ3) is 6.98. The summed E-state index contributed by atoms with van der Waals surface area (Å²) in [5, 5.41) is 11.5. The normalized spacial score (nSPS) is 22.8. The van der Waals surface area contributed by atoms with E-state index < -0.39 is 11.8 Å².